The van der Waals surface area contributed by atoms with Crippen molar-refractivity contribution in [3.63, 3.8) is 0 Å². The molecule has 0 spiro atoms. The summed E-state index contributed by atoms with van der Waals surface area (Å²) in [5, 5.41) is 13.9. The number of benzene rings is 3. The molecule has 0 saturated heterocycles. The van der Waals surface area contributed by atoms with Crippen molar-refractivity contribution >= 4 is 11.6 Å². The number of carbonyl (C=O) groups is 1. The van der Waals surface area contributed by atoms with Crippen LogP contribution >= 0.6 is 0 Å². The minimum atomic E-state index is -0.219. The average Bonchev–Trinajstić information content (AvgIpc) is 3.24. The van der Waals surface area contributed by atoms with Crippen LogP contribution in [-0.4, -0.2) is 26.1 Å². The van der Waals surface area contributed by atoms with Gasteiger partial charge in [-0.05, 0) is 65.0 Å². The monoisotopic (exact) mass is 357 g/mol. The second kappa shape index (κ2) is 7.49. The lowest BCUT2D eigenvalue weighted by molar-refractivity contribution is 0.102. The third-order valence-electron chi connectivity index (χ3n) is 3.81. The molecule has 3 aromatic carbocycles. The Morgan fingerprint density at radius 2 is 1.67 bits per heavy atom. The van der Waals surface area contributed by atoms with Gasteiger partial charge in [0, 0.05) is 11.3 Å². The van der Waals surface area contributed by atoms with Gasteiger partial charge in [0.15, 0.2) is 0 Å². The van der Waals surface area contributed by atoms with Crippen molar-refractivity contribution in [3.8, 4) is 17.2 Å². The fraction of sp³-hybridized carbons (Fsp3) is 0. The molecule has 0 aliphatic rings. The number of nitrogens with zero attached hydrogens (tertiary/aromatic N) is 4. The lowest BCUT2D eigenvalue weighted by atomic mass is 10.2. The molecule has 0 radical (unpaired) electrons. The summed E-state index contributed by atoms with van der Waals surface area (Å²) in [5.41, 5.74) is 1.98. The van der Waals surface area contributed by atoms with Crippen molar-refractivity contribution in [1.29, 1.82) is 0 Å². The summed E-state index contributed by atoms with van der Waals surface area (Å²) in [4.78, 5) is 12.5. The Bertz CT molecular complexity index is 1030. The van der Waals surface area contributed by atoms with E-state index >= 15 is 0 Å². The van der Waals surface area contributed by atoms with Crippen molar-refractivity contribution < 1.29 is 9.53 Å². The number of nitrogens with one attached hydrogen (secondary N) is 1. The van der Waals surface area contributed by atoms with Crippen LogP contribution in [0.4, 0.5) is 5.69 Å². The average molecular weight is 357 g/mol. The number of ether oxygens (including phenoxy) is 1. The highest BCUT2D eigenvalue weighted by atomic mass is 16.5. The van der Waals surface area contributed by atoms with Gasteiger partial charge < -0.3 is 10.1 Å². The quantitative estimate of drug-likeness (QED) is 0.589. The zero-order valence-corrected chi connectivity index (χ0v) is 14.2. The van der Waals surface area contributed by atoms with E-state index < -0.39 is 0 Å². The highest BCUT2D eigenvalue weighted by molar-refractivity contribution is 6.04. The molecule has 0 unspecified atom stereocenters. The molecule has 1 amide bonds. The van der Waals surface area contributed by atoms with E-state index in [0.29, 0.717) is 22.7 Å². The third-order valence-corrected chi connectivity index (χ3v) is 3.81. The number of para-hydroxylation sites is 1. The van der Waals surface area contributed by atoms with Crippen molar-refractivity contribution in [1.82, 2.24) is 20.2 Å². The molecule has 0 atom stereocenters. The second-order valence-electron chi connectivity index (χ2n) is 5.70. The van der Waals surface area contributed by atoms with E-state index in [0.717, 1.165) is 5.69 Å². The summed E-state index contributed by atoms with van der Waals surface area (Å²) < 4.78 is 7.31. The minimum Gasteiger partial charge on any atom is -0.457 e. The lowest BCUT2D eigenvalue weighted by Gasteiger charge is -2.09. The number of amides is 1. The summed E-state index contributed by atoms with van der Waals surface area (Å²) in [7, 11) is 0. The van der Waals surface area contributed by atoms with Gasteiger partial charge in [0.05, 0.1) is 5.69 Å². The number of tetrazole rings is 1. The summed E-state index contributed by atoms with van der Waals surface area (Å²) in [6.45, 7) is 0. The Labute approximate surface area is 155 Å². The molecule has 0 bridgehead atoms. The van der Waals surface area contributed by atoms with Crippen molar-refractivity contribution in [3.05, 3.63) is 90.8 Å². The first kappa shape index (κ1) is 16.5. The van der Waals surface area contributed by atoms with Crippen LogP contribution in [-0.2, 0) is 0 Å². The summed E-state index contributed by atoms with van der Waals surface area (Å²) in [6.07, 6.45) is 1.51. The van der Waals surface area contributed by atoms with Gasteiger partial charge in [-0.25, -0.2) is 4.68 Å². The predicted octanol–water partition coefficient (Wildman–Crippen LogP) is 3.71. The standard InChI is InChI=1S/C20H15N5O2/c26-20(22-16-9-11-17(12-10-16)25-14-21-23-24-25)15-5-4-8-19(13-15)27-18-6-2-1-3-7-18/h1-14H,(H,22,26). The molecule has 0 aliphatic carbocycles. The number of anilines is 1. The normalized spacial score (nSPS) is 10.4. The Morgan fingerprint density at radius 3 is 2.41 bits per heavy atom. The molecule has 4 aromatic rings. The van der Waals surface area contributed by atoms with Crippen LogP contribution in [0.5, 0.6) is 11.5 Å². The predicted molar refractivity (Wildman–Crippen MR) is 100 cm³/mol. The van der Waals surface area contributed by atoms with Gasteiger partial charge in [-0.3, -0.25) is 4.79 Å². The Kier molecular flexibility index (Phi) is 4.57. The molecule has 1 heterocycles. The summed E-state index contributed by atoms with van der Waals surface area (Å²) >= 11 is 0. The number of rotatable bonds is 5. The van der Waals surface area contributed by atoms with Gasteiger partial charge in [0.2, 0.25) is 0 Å². The van der Waals surface area contributed by atoms with E-state index in [4.69, 9.17) is 4.74 Å². The molecule has 0 saturated carbocycles. The minimum absolute atomic E-state index is 0.219. The Morgan fingerprint density at radius 1 is 0.889 bits per heavy atom. The molecule has 0 aliphatic heterocycles. The maximum Gasteiger partial charge on any atom is 0.255 e. The maximum absolute atomic E-state index is 12.5. The van der Waals surface area contributed by atoms with Crippen LogP contribution in [0.2, 0.25) is 0 Å². The van der Waals surface area contributed by atoms with Gasteiger partial charge in [-0.2, -0.15) is 0 Å². The van der Waals surface area contributed by atoms with Crippen molar-refractivity contribution in [2.75, 3.05) is 5.32 Å². The molecule has 4 rings (SSSR count). The first-order valence-electron chi connectivity index (χ1n) is 8.26. The lowest BCUT2D eigenvalue weighted by Crippen LogP contribution is -2.11. The van der Waals surface area contributed by atoms with Crippen molar-refractivity contribution in [2.24, 2.45) is 0 Å². The Hall–Kier alpha value is -4.00. The zero-order valence-electron chi connectivity index (χ0n) is 14.2. The van der Waals surface area contributed by atoms with E-state index in [-0.39, 0.29) is 5.91 Å². The summed E-state index contributed by atoms with van der Waals surface area (Å²) in [6, 6.07) is 23.7. The highest BCUT2D eigenvalue weighted by Crippen LogP contribution is 2.22. The van der Waals surface area contributed by atoms with E-state index in [9.17, 15) is 4.79 Å². The molecular weight excluding hydrogens is 342 g/mol. The van der Waals surface area contributed by atoms with Gasteiger partial charge in [-0.1, -0.05) is 24.3 Å². The number of hydrogen-bond acceptors (Lipinski definition) is 5. The first-order valence-corrected chi connectivity index (χ1v) is 8.26. The van der Waals surface area contributed by atoms with Crippen LogP contribution in [0, 0.1) is 0 Å². The molecular formula is C20H15N5O2. The molecule has 1 aromatic heterocycles. The van der Waals surface area contributed by atoms with Crippen molar-refractivity contribution in [2.45, 2.75) is 0 Å². The van der Waals surface area contributed by atoms with Crippen LogP contribution in [0.3, 0.4) is 0 Å². The topological polar surface area (TPSA) is 81.9 Å². The highest BCUT2D eigenvalue weighted by Gasteiger charge is 2.08. The molecule has 0 fully saturated rings. The van der Waals surface area contributed by atoms with Crippen LogP contribution in [0.1, 0.15) is 10.4 Å². The summed E-state index contributed by atoms with van der Waals surface area (Å²) in [5.74, 6) is 1.10. The number of hydrogen-bond donors (Lipinski definition) is 1. The SMILES string of the molecule is O=C(Nc1ccc(-n2cnnn2)cc1)c1cccc(Oc2ccccc2)c1. The molecule has 132 valence electrons. The van der Waals surface area contributed by atoms with Gasteiger partial charge in [0.25, 0.3) is 5.91 Å². The molecule has 27 heavy (non-hydrogen) atoms. The molecule has 7 heteroatoms. The van der Waals surface area contributed by atoms with Crippen LogP contribution in [0.15, 0.2) is 85.2 Å². The van der Waals surface area contributed by atoms with Crippen LogP contribution < -0.4 is 10.1 Å². The zero-order chi connectivity index (χ0) is 18.5. The maximum atomic E-state index is 12.5. The van der Waals surface area contributed by atoms with E-state index in [1.807, 2.05) is 48.5 Å². The van der Waals surface area contributed by atoms with E-state index in [2.05, 4.69) is 20.8 Å². The molecule has 7 nitrogen and oxygen atoms in total. The largest absolute Gasteiger partial charge is 0.457 e. The number of aromatic nitrogens is 4. The second-order valence-corrected chi connectivity index (χ2v) is 5.70. The van der Waals surface area contributed by atoms with Crippen LogP contribution in [0.25, 0.3) is 5.69 Å². The Balaban J connectivity index is 1.46. The van der Waals surface area contributed by atoms with Gasteiger partial charge in [-0.15, -0.1) is 5.10 Å². The van der Waals surface area contributed by atoms with Gasteiger partial charge in [0.1, 0.15) is 17.8 Å². The van der Waals surface area contributed by atoms with E-state index in [1.54, 1.807) is 30.3 Å². The smallest absolute Gasteiger partial charge is 0.255 e. The number of carbonyl (C=O) groups excluding carboxylic acids is 1. The fourth-order valence-corrected chi connectivity index (χ4v) is 2.51. The molecule has 1 N–H and O–H groups in total. The van der Waals surface area contributed by atoms with E-state index in [1.165, 1.54) is 11.0 Å². The fourth-order valence-electron chi connectivity index (χ4n) is 2.51. The first-order chi connectivity index (χ1) is 13.3. The van der Waals surface area contributed by atoms with Gasteiger partial charge >= 0.3 is 0 Å². The third kappa shape index (κ3) is 3.98.